The Labute approximate surface area is 83.0 Å². The second kappa shape index (κ2) is 2.75. The molecule has 3 rings (SSSR count). The molecule has 2 heterocycles. The maximum Gasteiger partial charge on any atom is 0.410 e. The number of hydrogen-bond donors (Lipinski definition) is 1. The van der Waals surface area contributed by atoms with Crippen LogP contribution < -0.4 is 5.32 Å². The fraction of sp³-hybridized carbons (Fsp3) is 0.875. The zero-order valence-corrected chi connectivity index (χ0v) is 8.10. The van der Waals surface area contributed by atoms with Gasteiger partial charge in [-0.05, 0) is 12.8 Å². The number of hydrogen-bond acceptors (Lipinski definition) is 3. The summed E-state index contributed by atoms with van der Waals surface area (Å²) in [6, 6.07) is 0.318. The molecule has 1 N–H and O–H groups in total. The number of ether oxygens (including phenoxy) is 1. The molecule has 1 saturated carbocycles. The lowest BCUT2D eigenvalue weighted by Gasteiger charge is -2.29. The van der Waals surface area contributed by atoms with Gasteiger partial charge in [0.05, 0.1) is 6.04 Å². The van der Waals surface area contributed by atoms with Gasteiger partial charge in [-0.3, -0.25) is 4.90 Å². The van der Waals surface area contributed by atoms with Crippen LogP contribution >= 0.6 is 12.4 Å². The predicted octanol–water partition coefficient (Wildman–Crippen LogP) is 0.365. The van der Waals surface area contributed by atoms with Gasteiger partial charge in [0.1, 0.15) is 5.60 Å². The van der Waals surface area contributed by atoms with Crippen molar-refractivity contribution in [3.63, 3.8) is 0 Å². The third-order valence-electron chi connectivity index (χ3n) is 3.12. The number of fused-ring (bicyclic) bond motifs is 2. The van der Waals surface area contributed by atoms with Gasteiger partial charge < -0.3 is 10.1 Å². The highest BCUT2D eigenvalue weighted by atomic mass is 35.5. The molecule has 2 aliphatic heterocycles. The Morgan fingerprint density at radius 2 is 2.31 bits per heavy atom. The first-order chi connectivity index (χ1) is 5.82. The van der Waals surface area contributed by atoms with Gasteiger partial charge in [0, 0.05) is 19.6 Å². The molecular formula is C8H13ClN2O2. The smallest absolute Gasteiger partial charge is 0.410 e. The summed E-state index contributed by atoms with van der Waals surface area (Å²) in [4.78, 5) is 13.2. The van der Waals surface area contributed by atoms with E-state index in [2.05, 4.69) is 5.32 Å². The number of nitrogens with zero attached hydrogens (tertiary/aromatic N) is 1. The third-order valence-corrected chi connectivity index (χ3v) is 3.12. The number of nitrogens with one attached hydrogen (secondary N) is 1. The summed E-state index contributed by atoms with van der Waals surface area (Å²) in [6.45, 7) is 2.62. The van der Waals surface area contributed by atoms with Gasteiger partial charge in [-0.25, -0.2) is 4.79 Å². The second-order valence-corrected chi connectivity index (χ2v) is 3.85. The van der Waals surface area contributed by atoms with E-state index in [-0.39, 0.29) is 24.1 Å². The summed E-state index contributed by atoms with van der Waals surface area (Å²) in [5, 5.41) is 3.30. The highest BCUT2D eigenvalue weighted by molar-refractivity contribution is 5.85. The molecule has 1 atom stereocenters. The molecule has 4 nitrogen and oxygen atoms in total. The molecule has 0 bridgehead atoms. The van der Waals surface area contributed by atoms with Crippen molar-refractivity contribution >= 4 is 18.5 Å². The number of carbonyl (C=O) groups excluding carboxylic acids is 1. The fourth-order valence-corrected chi connectivity index (χ4v) is 2.25. The molecule has 0 unspecified atom stereocenters. The molecule has 1 amide bonds. The van der Waals surface area contributed by atoms with Gasteiger partial charge in [0.15, 0.2) is 0 Å². The van der Waals surface area contributed by atoms with E-state index in [0.717, 1.165) is 32.5 Å². The van der Waals surface area contributed by atoms with Crippen molar-refractivity contribution in [1.29, 1.82) is 0 Å². The number of amides is 1. The highest BCUT2D eigenvalue weighted by Crippen LogP contribution is 2.49. The number of piperazine rings is 1. The minimum Gasteiger partial charge on any atom is -0.441 e. The summed E-state index contributed by atoms with van der Waals surface area (Å²) in [6.07, 6.45) is 2.02. The first kappa shape index (κ1) is 9.09. The van der Waals surface area contributed by atoms with Gasteiger partial charge >= 0.3 is 6.09 Å². The molecule has 0 aromatic carbocycles. The van der Waals surface area contributed by atoms with Crippen LogP contribution in [0.3, 0.4) is 0 Å². The van der Waals surface area contributed by atoms with Crippen LogP contribution in [-0.4, -0.2) is 42.3 Å². The van der Waals surface area contributed by atoms with E-state index in [1.54, 1.807) is 0 Å². The molecule has 2 saturated heterocycles. The summed E-state index contributed by atoms with van der Waals surface area (Å²) < 4.78 is 5.35. The Morgan fingerprint density at radius 3 is 3.00 bits per heavy atom. The zero-order chi connectivity index (χ0) is 8.18. The van der Waals surface area contributed by atoms with E-state index >= 15 is 0 Å². The minimum atomic E-state index is -0.0981. The molecule has 0 aromatic rings. The molecule has 74 valence electrons. The molecule has 13 heavy (non-hydrogen) atoms. The lowest BCUT2D eigenvalue weighted by atomic mass is 10.1. The largest absolute Gasteiger partial charge is 0.441 e. The predicted molar refractivity (Wildman–Crippen MR) is 49.1 cm³/mol. The minimum absolute atomic E-state index is 0. The van der Waals surface area contributed by atoms with E-state index < -0.39 is 0 Å². The topological polar surface area (TPSA) is 41.6 Å². The first-order valence-corrected chi connectivity index (χ1v) is 4.52. The van der Waals surface area contributed by atoms with Crippen LogP contribution in [-0.2, 0) is 4.74 Å². The molecule has 0 aromatic heterocycles. The number of rotatable bonds is 0. The standard InChI is InChI=1S/C8H12N2O2.ClH/c11-7-10-4-3-9-5-6(10)8(12-7)1-2-8;/h6,9H,1-5H2;1H/t6-;/m0./s1. The van der Waals surface area contributed by atoms with Crippen molar-refractivity contribution in [2.45, 2.75) is 24.5 Å². The normalized spacial score (nSPS) is 33.7. The SMILES string of the molecule is Cl.O=C1OC2(CC2)[C@@H]2CNCCN12. The van der Waals surface area contributed by atoms with E-state index in [9.17, 15) is 4.79 Å². The van der Waals surface area contributed by atoms with Crippen molar-refractivity contribution in [3.05, 3.63) is 0 Å². The van der Waals surface area contributed by atoms with Crippen molar-refractivity contribution in [2.24, 2.45) is 0 Å². The van der Waals surface area contributed by atoms with Gasteiger partial charge in [-0.2, -0.15) is 0 Å². The van der Waals surface area contributed by atoms with E-state index in [4.69, 9.17) is 4.74 Å². The van der Waals surface area contributed by atoms with Gasteiger partial charge in [-0.15, -0.1) is 12.4 Å². The maximum atomic E-state index is 11.3. The maximum absolute atomic E-state index is 11.3. The zero-order valence-electron chi connectivity index (χ0n) is 7.28. The van der Waals surface area contributed by atoms with Crippen LogP contribution in [0, 0.1) is 0 Å². The lowest BCUT2D eigenvalue weighted by molar-refractivity contribution is 0.116. The van der Waals surface area contributed by atoms with Gasteiger partial charge in [0.2, 0.25) is 0 Å². The van der Waals surface area contributed by atoms with Crippen LogP contribution in [0.5, 0.6) is 0 Å². The Bertz CT molecular complexity index is 242. The van der Waals surface area contributed by atoms with Crippen LogP contribution in [0.2, 0.25) is 0 Å². The molecule has 1 spiro atoms. The van der Waals surface area contributed by atoms with E-state index in [1.807, 2.05) is 4.90 Å². The monoisotopic (exact) mass is 204 g/mol. The Balaban J connectivity index is 0.000000653. The first-order valence-electron chi connectivity index (χ1n) is 4.52. The summed E-state index contributed by atoms with van der Waals surface area (Å²) in [7, 11) is 0. The van der Waals surface area contributed by atoms with Crippen molar-refractivity contribution in [1.82, 2.24) is 10.2 Å². The summed E-state index contributed by atoms with van der Waals surface area (Å²) in [5.74, 6) is 0. The average molecular weight is 205 g/mol. The van der Waals surface area contributed by atoms with Crippen molar-refractivity contribution < 1.29 is 9.53 Å². The summed E-state index contributed by atoms with van der Waals surface area (Å²) in [5.41, 5.74) is -0.0789. The van der Waals surface area contributed by atoms with Crippen LogP contribution in [0.4, 0.5) is 4.79 Å². The van der Waals surface area contributed by atoms with Crippen LogP contribution in [0.15, 0.2) is 0 Å². The van der Waals surface area contributed by atoms with E-state index in [0.29, 0.717) is 6.04 Å². The van der Waals surface area contributed by atoms with Gasteiger partial charge in [-0.1, -0.05) is 0 Å². The molecule has 3 fully saturated rings. The third kappa shape index (κ3) is 1.12. The van der Waals surface area contributed by atoms with E-state index in [1.165, 1.54) is 0 Å². The number of halogens is 1. The second-order valence-electron chi connectivity index (χ2n) is 3.85. The quantitative estimate of drug-likeness (QED) is 0.620. The Kier molecular flexibility index (Phi) is 1.92. The molecule has 3 aliphatic rings. The molecular weight excluding hydrogens is 192 g/mol. The van der Waals surface area contributed by atoms with Crippen LogP contribution in [0.25, 0.3) is 0 Å². The van der Waals surface area contributed by atoms with Crippen molar-refractivity contribution in [2.75, 3.05) is 19.6 Å². The molecule has 0 radical (unpaired) electrons. The fourth-order valence-electron chi connectivity index (χ4n) is 2.25. The van der Waals surface area contributed by atoms with Crippen LogP contribution in [0.1, 0.15) is 12.8 Å². The average Bonchev–Trinajstić information content (AvgIpc) is 2.79. The summed E-state index contributed by atoms with van der Waals surface area (Å²) >= 11 is 0. The molecule has 5 heteroatoms. The number of carbonyl (C=O) groups is 1. The van der Waals surface area contributed by atoms with Crippen molar-refractivity contribution in [3.8, 4) is 0 Å². The van der Waals surface area contributed by atoms with Gasteiger partial charge in [0.25, 0.3) is 0 Å². The Morgan fingerprint density at radius 1 is 1.54 bits per heavy atom. The Hall–Kier alpha value is -0.480. The lowest BCUT2D eigenvalue weighted by Crippen LogP contribution is -2.52. The highest BCUT2D eigenvalue weighted by Gasteiger charge is 2.62. The molecule has 1 aliphatic carbocycles.